The Balaban J connectivity index is 1.72. The molecule has 0 saturated heterocycles. The minimum Gasteiger partial charge on any atom is -0.497 e. The molecule has 0 fully saturated rings. The van der Waals surface area contributed by atoms with E-state index in [0.717, 1.165) is 44.9 Å². The van der Waals surface area contributed by atoms with Gasteiger partial charge in [-0.2, -0.15) is 0 Å². The molecule has 0 bridgehead atoms. The van der Waals surface area contributed by atoms with Crippen molar-refractivity contribution >= 4 is 22.6 Å². The molecule has 2 aromatic carbocycles. The summed E-state index contributed by atoms with van der Waals surface area (Å²) in [6, 6.07) is 9.13. The Morgan fingerprint density at radius 2 is 1.97 bits per heavy atom. The minimum atomic E-state index is -0.359. The molecule has 0 spiro atoms. The first-order valence-corrected chi connectivity index (χ1v) is 9.87. The number of hydrogen-bond donors (Lipinski definition) is 1. The zero-order chi connectivity index (χ0) is 20.5. The zero-order valence-corrected chi connectivity index (χ0v) is 17.4. The molecule has 1 atom stereocenters. The van der Waals surface area contributed by atoms with Gasteiger partial charge in [0.2, 0.25) is 6.73 Å². The van der Waals surface area contributed by atoms with E-state index in [1.165, 1.54) is 6.07 Å². The van der Waals surface area contributed by atoms with E-state index in [0.29, 0.717) is 36.2 Å². The summed E-state index contributed by atoms with van der Waals surface area (Å²) in [5.74, 6) is 2.10. The maximum Gasteiger partial charge on any atom is 0.336 e. The second-order valence-electron chi connectivity index (χ2n) is 7.06. The van der Waals surface area contributed by atoms with Crippen molar-refractivity contribution in [2.45, 2.75) is 26.4 Å². The van der Waals surface area contributed by atoms with Crippen LogP contribution in [-0.2, 0) is 19.5 Å². The average molecular weight is 417 g/mol. The maximum atomic E-state index is 12.1. The second-order valence-corrected chi connectivity index (χ2v) is 7.46. The Morgan fingerprint density at radius 3 is 2.69 bits per heavy atom. The van der Waals surface area contributed by atoms with Gasteiger partial charge < -0.3 is 18.6 Å². The van der Waals surface area contributed by atoms with Crippen LogP contribution in [-0.4, -0.2) is 21.0 Å². The number of hydrogen-bond acceptors (Lipinski definition) is 5. The molecule has 1 aromatic heterocycles. The van der Waals surface area contributed by atoms with E-state index < -0.39 is 0 Å². The molecule has 1 aliphatic rings. The van der Waals surface area contributed by atoms with Gasteiger partial charge in [0.15, 0.2) is 11.3 Å². The Bertz CT molecular complexity index is 1120. The highest BCUT2D eigenvalue weighted by Crippen LogP contribution is 2.37. The molecule has 3 aromatic rings. The number of benzene rings is 2. The molecule has 0 amide bonds. The van der Waals surface area contributed by atoms with Crippen LogP contribution < -0.4 is 24.7 Å². The number of rotatable bonds is 5. The Hall–Kier alpha value is -2.70. The van der Waals surface area contributed by atoms with Crippen LogP contribution in [0.15, 0.2) is 39.5 Å². The van der Waals surface area contributed by atoms with Crippen molar-refractivity contribution < 1.29 is 23.5 Å². The van der Waals surface area contributed by atoms with Crippen molar-refractivity contribution in [3.8, 4) is 17.2 Å². The quantitative estimate of drug-likeness (QED) is 0.648. The molecular formula is C22H23ClNO5+. The van der Waals surface area contributed by atoms with Crippen LogP contribution in [0.4, 0.5) is 0 Å². The van der Waals surface area contributed by atoms with Crippen LogP contribution in [0.1, 0.15) is 23.6 Å². The van der Waals surface area contributed by atoms with Crippen LogP contribution in [0.2, 0.25) is 5.02 Å². The monoisotopic (exact) mass is 416 g/mol. The fourth-order valence-electron chi connectivity index (χ4n) is 3.84. The van der Waals surface area contributed by atoms with Gasteiger partial charge >= 0.3 is 5.63 Å². The van der Waals surface area contributed by atoms with Crippen molar-refractivity contribution in [2.75, 3.05) is 21.0 Å². The molecule has 152 valence electrons. The third kappa shape index (κ3) is 3.66. The van der Waals surface area contributed by atoms with Crippen molar-refractivity contribution in [2.24, 2.45) is 0 Å². The first-order chi connectivity index (χ1) is 14.0. The Kier molecular flexibility index (Phi) is 5.39. The predicted molar refractivity (Wildman–Crippen MR) is 110 cm³/mol. The molecule has 7 heteroatoms. The van der Waals surface area contributed by atoms with E-state index in [4.69, 9.17) is 30.2 Å². The Labute approximate surface area is 173 Å². The fraction of sp³-hybridized carbons (Fsp3) is 0.318. The van der Waals surface area contributed by atoms with Gasteiger partial charge in [0.25, 0.3) is 0 Å². The smallest absolute Gasteiger partial charge is 0.336 e. The lowest BCUT2D eigenvalue weighted by Gasteiger charge is -2.27. The van der Waals surface area contributed by atoms with Gasteiger partial charge in [0.1, 0.15) is 24.6 Å². The summed E-state index contributed by atoms with van der Waals surface area (Å²) in [4.78, 5) is 13.2. The molecule has 1 N–H and O–H groups in total. The summed E-state index contributed by atoms with van der Waals surface area (Å²) >= 11 is 6.49. The standard InChI is InChI=1S/C22H22ClNO5/c1-4-13-7-20(25)29-21-16(13)9-18(23)22-17(21)11-24(12-28-22)10-14-5-6-15(26-2)8-19(14)27-3/h5-9H,4,10-12H2,1-3H3/p+1. The number of fused-ring (bicyclic) bond motifs is 3. The van der Waals surface area contributed by atoms with Crippen LogP contribution in [0, 0.1) is 0 Å². The lowest BCUT2D eigenvalue weighted by atomic mass is 10.0. The molecule has 0 saturated carbocycles. The van der Waals surface area contributed by atoms with E-state index in [2.05, 4.69) is 0 Å². The van der Waals surface area contributed by atoms with Crippen molar-refractivity contribution in [3.63, 3.8) is 0 Å². The summed E-state index contributed by atoms with van der Waals surface area (Å²) < 4.78 is 22.4. The first kappa shape index (κ1) is 19.6. The normalized spacial score (nSPS) is 15.7. The van der Waals surface area contributed by atoms with Gasteiger partial charge in [0.05, 0.1) is 24.8 Å². The van der Waals surface area contributed by atoms with Gasteiger partial charge in [-0.15, -0.1) is 0 Å². The van der Waals surface area contributed by atoms with E-state index >= 15 is 0 Å². The summed E-state index contributed by atoms with van der Waals surface area (Å²) in [6.45, 7) is 3.76. The van der Waals surface area contributed by atoms with Crippen LogP contribution in [0.3, 0.4) is 0 Å². The van der Waals surface area contributed by atoms with E-state index in [9.17, 15) is 4.79 Å². The third-order valence-corrected chi connectivity index (χ3v) is 5.57. The van der Waals surface area contributed by atoms with Gasteiger partial charge in [-0.25, -0.2) is 4.79 Å². The summed E-state index contributed by atoms with van der Waals surface area (Å²) in [7, 11) is 3.27. The van der Waals surface area contributed by atoms with Gasteiger partial charge in [-0.3, -0.25) is 4.90 Å². The second kappa shape index (κ2) is 7.97. The van der Waals surface area contributed by atoms with E-state index in [1.54, 1.807) is 14.2 Å². The molecule has 0 aliphatic carbocycles. The fourth-order valence-corrected chi connectivity index (χ4v) is 4.12. The minimum absolute atomic E-state index is 0.359. The van der Waals surface area contributed by atoms with Gasteiger partial charge in [-0.1, -0.05) is 18.5 Å². The van der Waals surface area contributed by atoms with Crippen molar-refractivity contribution in [3.05, 3.63) is 62.5 Å². The van der Waals surface area contributed by atoms with Gasteiger partial charge in [-0.05, 0) is 30.2 Å². The average Bonchev–Trinajstić information content (AvgIpc) is 2.74. The molecule has 6 nitrogen and oxygen atoms in total. The number of methoxy groups -OCH3 is 2. The molecule has 2 heterocycles. The molecule has 29 heavy (non-hydrogen) atoms. The third-order valence-electron chi connectivity index (χ3n) is 5.28. The number of aryl methyl sites for hydroxylation is 1. The lowest BCUT2D eigenvalue weighted by Crippen LogP contribution is -3.10. The van der Waals surface area contributed by atoms with Crippen LogP contribution in [0.25, 0.3) is 11.0 Å². The largest absolute Gasteiger partial charge is 0.497 e. The highest BCUT2D eigenvalue weighted by Gasteiger charge is 2.28. The molecule has 1 aliphatic heterocycles. The molecule has 1 unspecified atom stereocenters. The number of quaternary nitrogens is 1. The lowest BCUT2D eigenvalue weighted by molar-refractivity contribution is -0.945. The molecule has 4 rings (SSSR count). The van der Waals surface area contributed by atoms with Crippen LogP contribution in [0.5, 0.6) is 17.2 Å². The van der Waals surface area contributed by atoms with E-state index in [1.807, 2.05) is 31.2 Å². The maximum absolute atomic E-state index is 12.1. The van der Waals surface area contributed by atoms with Crippen molar-refractivity contribution in [1.29, 1.82) is 0 Å². The number of ether oxygens (including phenoxy) is 3. The van der Waals surface area contributed by atoms with Crippen molar-refractivity contribution in [1.82, 2.24) is 0 Å². The first-order valence-electron chi connectivity index (χ1n) is 9.49. The highest BCUT2D eigenvalue weighted by atomic mass is 35.5. The van der Waals surface area contributed by atoms with Crippen LogP contribution >= 0.6 is 11.6 Å². The number of halogens is 1. The summed E-state index contributed by atoms with van der Waals surface area (Å²) in [5.41, 5.74) is 2.99. The molecular weight excluding hydrogens is 394 g/mol. The highest BCUT2D eigenvalue weighted by molar-refractivity contribution is 6.33. The topological polar surface area (TPSA) is 62.3 Å². The van der Waals surface area contributed by atoms with E-state index in [-0.39, 0.29) is 5.63 Å². The van der Waals surface area contributed by atoms with Gasteiger partial charge in [0, 0.05) is 23.1 Å². The SMILES string of the molecule is CCc1cc(=O)oc2c3c(c(Cl)cc12)OC[NH+](Cc1ccc(OC)cc1OC)C3. The summed E-state index contributed by atoms with van der Waals surface area (Å²) in [5, 5.41) is 1.40. The molecule has 0 radical (unpaired) electrons. The Morgan fingerprint density at radius 1 is 1.14 bits per heavy atom. The predicted octanol–water partition coefficient (Wildman–Crippen LogP) is 2.96. The summed E-state index contributed by atoms with van der Waals surface area (Å²) in [6.07, 6.45) is 0.720. The zero-order valence-electron chi connectivity index (χ0n) is 16.6. The number of nitrogens with one attached hydrogen (secondary N) is 1.